The van der Waals surface area contributed by atoms with Crippen LogP contribution in [-0.4, -0.2) is 54.2 Å². The largest absolute Gasteiger partial charge is 0.475 e. The van der Waals surface area contributed by atoms with E-state index >= 15 is 0 Å². The second-order valence-electron chi connectivity index (χ2n) is 13.0. The number of carbonyl (C=O) groups is 2. The second kappa shape index (κ2) is 12.1. The molecule has 1 saturated carbocycles. The quantitative estimate of drug-likeness (QED) is 0.375. The van der Waals surface area contributed by atoms with Crippen molar-refractivity contribution in [2.75, 3.05) is 17.9 Å². The first-order valence-corrected chi connectivity index (χ1v) is 16.3. The number of carbonyl (C=O) groups excluding carboxylic acids is 2. The average molecular weight is 607 g/mol. The standard InChI is InChI=1S/C33H40N4O5S.H2/c1-21-8-6-9-22(2)30(21)28-17-29-35-32(34-28)36-43(40,41)27-11-7-10-24(16-27)31(39)37(19-23-12-14-26(38)15-13-23)25(20-42-29)18-33(3,4)5;/h6-11,16-17,23,25H,12-15,18-20H2,1-5H3,(H,34,35,36);1H/t25-;/m1./s1. The molecular formula is C33H42N4O5S. The summed E-state index contributed by atoms with van der Waals surface area (Å²) in [5, 5.41) is 0. The number of amides is 1. The normalized spacial score (nSPS) is 19.5. The summed E-state index contributed by atoms with van der Waals surface area (Å²) < 4.78 is 36.0. The number of fused-ring (bicyclic) bond motifs is 4. The molecule has 1 aliphatic carbocycles. The Hall–Kier alpha value is -3.79. The summed E-state index contributed by atoms with van der Waals surface area (Å²) in [6.45, 7) is 10.9. The molecule has 2 aromatic carbocycles. The molecule has 0 spiro atoms. The minimum Gasteiger partial charge on any atom is -0.475 e. The van der Waals surface area contributed by atoms with E-state index in [1.807, 2.05) is 36.9 Å². The van der Waals surface area contributed by atoms with Crippen molar-refractivity contribution in [3.05, 3.63) is 65.2 Å². The molecule has 0 saturated heterocycles. The van der Waals surface area contributed by atoms with E-state index in [0.717, 1.165) is 29.5 Å². The van der Waals surface area contributed by atoms with Crippen molar-refractivity contribution in [2.45, 2.75) is 77.7 Å². The van der Waals surface area contributed by atoms with Gasteiger partial charge in [0, 0.05) is 38.0 Å². The Bertz CT molecular complexity index is 1620. The SMILES string of the molecule is Cc1cccc(C)c1-c1cc2nc(n1)NS(=O)(=O)c1cccc(c1)C(=O)N(CC1CCC(=O)CC1)[C@H](CC(C)(C)C)CO2.[HH]. The van der Waals surface area contributed by atoms with E-state index in [2.05, 4.69) is 35.5 Å². The molecule has 1 amide bonds. The molecule has 0 unspecified atom stereocenters. The van der Waals surface area contributed by atoms with Gasteiger partial charge in [-0.05, 0) is 73.8 Å². The third-order valence-electron chi connectivity index (χ3n) is 8.15. The molecule has 1 aliphatic heterocycles. The lowest BCUT2D eigenvalue weighted by molar-refractivity contribution is -0.121. The number of ether oxygens (including phenoxy) is 1. The third-order valence-corrected chi connectivity index (χ3v) is 9.47. The maximum atomic E-state index is 14.2. The van der Waals surface area contributed by atoms with E-state index in [-0.39, 0.29) is 59.4 Å². The number of sulfonamides is 1. The minimum atomic E-state index is -4.13. The Morgan fingerprint density at radius 3 is 2.35 bits per heavy atom. The summed E-state index contributed by atoms with van der Waals surface area (Å²) in [5.74, 6) is 0.259. The van der Waals surface area contributed by atoms with Crippen LogP contribution < -0.4 is 9.46 Å². The number of rotatable bonds is 4. The van der Waals surface area contributed by atoms with Gasteiger partial charge in [-0.3, -0.25) is 9.59 Å². The fourth-order valence-electron chi connectivity index (χ4n) is 6.04. The molecule has 230 valence electrons. The monoisotopic (exact) mass is 606 g/mol. The Kier molecular flexibility index (Phi) is 8.61. The Balaban J connectivity index is 0.00000442. The van der Waals surface area contributed by atoms with E-state index in [4.69, 9.17) is 4.74 Å². The Morgan fingerprint density at radius 1 is 1.00 bits per heavy atom. The number of hydrogen-bond acceptors (Lipinski definition) is 7. The number of anilines is 1. The summed E-state index contributed by atoms with van der Waals surface area (Å²) in [4.78, 5) is 37.0. The predicted molar refractivity (Wildman–Crippen MR) is 168 cm³/mol. The number of benzene rings is 2. The fourth-order valence-corrected chi connectivity index (χ4v) is 7.03. The Labute approximate surface area is 255 Å². The van der Waals surface area contributed by atoms with E-state index in [9.17, 15) is 18.0 Å². The zero-order valence-corrected chi connectivity index (χ0v) is 26.3. The van der Waals surface area contributed by atoms with Gasteiger partial charge < -0.3 is 9.64 Å². The van der Waals surface area contributed by atoms with E-state index in [1.54, 1.807) is 18.2 Å². The molecule has 4 bridgehead atoms. The van der Waals surface area contributed by atoms with E-state index in [0.29, 0.717) is 31.5 Å². The zero-order chi connectivity index (χ0) is 30.9. The molecule has 1 atom stereocenters. The average Bonchev–Trinajstić information content (AvgIpc) is 2.93. The second-order valence-corrected chi connectivity index (χ2v) is 14.7. The zero-order valence-electron chi connectivity index (χ0n) is 25.5. The smallest absolute Gasteiger partial charge is 0.264 e. The first kappa shape index (κ1) is 30.7. The molecule has 43 heavy (non-hydrogen) atoms. The number of ketones is 1. The highest BCUT2D eigenvalue weighted by Gasteiger charge is 2.33. The topological polar surface area (TPSA) is 119 Å². The number of nitrogens with one attached hydrogen (secondary N) is 1. The molecule has 1 aromatic heterocycles. The van der Waals surface area contributed by atoms with Crippen LogP contribution >= 0.6 is 0 Å². The van der Waals surface area contributed by atoms with Gasteiger partial charge in [0.1, 0.15) is 12.4 Å². The van der Waals surface area contributed by atoms with Crippen LogP contribution in [0.1, 0.15) is 75.8 Å². The first-order chi connectivity index (χ1) is 20.3. The number of Topliss-reactive ketones (excluding diaryl/α,β-unsaturated/α-hetero) is 1. The molecule has 2 heterocycles. The van der Waals surface area contributed by atoms with Gasteiger partial charge in [0.05, 0.1) is 16.6 Å². The molecule has 9 nitrogen and oxygen atoms in total. The van der Waals surface area contributed by atoms with Crippen LogP contribution in [0.2, 0.25) is 0 Å². The highest BCUT2D eigenvalue weighted by atomic mass is 32.2. The molecule has 0 radical (unpaired) electrons. The van der Waals surface area contributed by atoms with E-state index < -0.39 is 10.0 Å². The highest BCUT2D eigenvalue weighted by Crippen LogP contribution is 2.32. The van der Waals surface area contributed by atoms with Crippen LogP contribution in [0, 0.1) is 25.2 Å². The van der Waals surface area contributed by atoms with Gasteiger partial charge in [0.15, 0.2) is 0 Å². The number of hydrogen-bond donors (Lipinski definition) is 1. The van der Waals surface area contributed by atoms with Crippen molar-refractivity contribution >= 4 is 27.7 Å². The van der Waals surface area contributed by atoms with Crippen LogP contribution in [-0.2, 0) is 14.8 Å². The Morgan fingerprint density at radius 2 is 1.67 bits per heavy atom. The van der Waals surface area contributed by atoms with Crippen LogP contribution in [0.25, 0.3) is 11.3 Å². The van der Waals surface area contributed by atoms with Crippen molar-refractivity contribution in [1.29, 1.82) is 0 Å². The van der Waals surface area contributed by atoms with Crippen molar-refractivity contribution in [2.24, 2.45) is 11.3 Å². The summed E-state index contributed by atoms with van der Waals surface area (Å²) in [7, 11) is -4.13. The lowest BCUT2D eigenvalue weighted by Crippen LogP contribution is -2.48. The molecule has 3 aromatic rings. The predicted octanol–water partition coefficient (Wildman–Crippen LogP) is 6.21. The number of aryl methyl sites for hydroxylation is 2. The molecule has 2 aliphatic rings. The van der Waals surface area contributed by atoms with Gasteiger partial charge in [0.25, 0.3) is 15.9 Å². The first-order valence-electron chi connectivity index (χ1n) is 14.8. The third kappa shape index (κ3) is 7.24. The maximum Gasteiger partial charge on any atom is 0.264 e. The van der Waals surface area contributed by atoms with Crippen molar-refractivity contribution in [1.82, 2.24) is 14.9 Å². The maximum absolute atomic E-state index is 14.2. The fraction of sp³-hybridized carbons (Fsp3) is 0.455. The van der Waals surface area contributed by atoms with Crippen LogP contribution in [0.15, 0.2) is 53.4 Å². The minimum absolute atomic E-state index is 0. The summed E-state index contributed by atoms with van der Waals surface area (Å²) in [6.07, 6.45) is 3.11. The molecule has 1 fully saturated rings. The molecule has 10 heteroatoms. The van der Waals surface area contributed by atoms with Gasteiger partial charge >= 0.3 is 0 Å². The lowest BCUT2D eigenvalue weighted by atomic mass is 9.85. The molecule has 5 rings (SSSR count). The van der Waals surface area contributed by atoms with Crippen LogP contribution in [0.3, 0.4) is 0 Å². The van der Waals surface area contributed by atoms with E-state index in [1.165, 1.54) is 12.1 Å². The summed E-state index contributed by atoms with van der Waals surface area (Å²) >= 11 is 0. The number of nitrogens with zero attached hydrogens (tertiary/aromatic N) is 3. The number of aromatic nitrogens is 2. The van der Waals surface area contributed by atoms with Gasteiger partial charge in [-0.1, -0.05) is 45.0 Å². The van der Waals surface area contributed by atoms with Gasteiger partial charge in [-0.25, -0.2) is 18.1 Å². The van der Waals surface area contributed by atoms with Crippen molar-refractivity contribution in [3.8, 4) is 17.1 Å². The molecular weight excluding hydrogens is 564 g/mol. The van der Waals surface area contributed by atoms with Gasteiger partial charge in [0.2, 0.25) is 11.8 Å². The van der Waals surface area contributed by atoms with Crippen molar-refractivity contribution < 1.29 is 24.2 Å². The van der Waals surface area contributed by atoms with Crippen LogP contribution in [0.5, 0.6) is 5.88 Å². The summed E-state index contributed by atoms with van der Waals surface area (Å²) in [6, 6.07) is 13.4. The van der Waals surface area contributed by atoms with Gasteiger partial charge in [-0.15, -0.1) is 0 Å². The lowest BCUT2D eigenvalue weighted by Gasteiger charge is -2.38. The van der Waals surface area contributed by atoms with Gasteiger partial charge in [-0.2, -0.15) is 4.98 Å². The summed E-state index contributed by atoms with van der Waals surface area (Å²) in [5.41, 5.74) is 3.51. The van der Waals surface area contributed by atoms with Crippen LogP contribution in [0.4, 0.5) is 5.95 Å². The highest BCUT2D eigenvalue weighted by molar-refractivity contribution is 7.92. The van der Waals surface area contributed by atoms with Crippen molar-refractivity contribution in [3.63, 3.8) is 0 Å². The molecule has 1 N–H and O–H groups in total.